The van der Waals surface area contributed by atoms with Crippen molar-refractivity contribution < 1.29 is 32.2 Å². The summed E-state index contributed by atoms with van der Waals surface area (Å²) in [6.45, 7) is 1.01. The molecule has 0 saturated carbocycles. The first kappa shape index (κ1) is 24.0. The number of carbonyl (C=O) groups is 2. The second-order valence-corrected chi connectivity index (χ2v) is 10.2. The van der Waals surface area contributed by atoms with Gasteiger partial charge >= 0.3 is 5.97 Å². The van der Waals surface area contributed by atoms with E-state index < -0.39 is 21.9 Å². The van der Waals surface area contributed by atoms with Gasteiger partial charge in [0.1, 0.15) is 0 Å². The van der Waals surface area contributed by atoms with E-state index in [0.29, 0.717) is 43.2 Å². The highest BCUT2D eigenvalue weighted by molar-refractivity contribution is 7.89. The summed E-state index contributed by atoms with van der Waals surface area (Å²) in [6.07, 6.45) is 1.38. The fourth-order valence-corrected chi connectivity index (χ4v) is 5.41. The first-order valence-electron chi connectivity index (χ1n) is 11.2. The minimum atomic E-state index is -3.74. The Kier molecular flexibility index (Phi) is 7.38. The summed E-state index contributed by atoms with van der Waals surface area (Å²) in [7, 11) is -2.12. The van der Waals surface area contributed by atoms with Crippen LogP contribution in [0.4, 0.5) is 5.69 Å². The first-order chi connectivity index (χ1) is 16.4. The molecule has 1 amide bonds. The predicted octanol–water partition coefficient (Wildman–Crippen LogP) is 2.45. The summed E-state index contributed by atoms with van der Waals surface area (Å²) in [6, 6.07) is 13.7. The Morgan fingerprint density at radius 3 is 2.41 bits per heavy atom. The molecule has 0 N–H and O–H groups in total. The molecule has 0 aromatic heterocycles. The van der Waals surface area contributed by atoms with Crippen molar-refractivity contribution in [1.29, 1.82) is 0 Å². The number of rotatable bonds is 6. The quantitative estimate of drug-likeness (QED) is 0.576. The number of esters is 1. The lowest BCUT2D eigenvalue weighted by Gasteiger charge is -2.30. The summed E-state index contributed by atoms with van der Waals surface area (Å²) in [5.74, 6) is -0.325. The summed E-state index contributed by atoms with van der Waals surface area (Å²) in [5.41, 5.74) is 0.705. The van der Waals surface area contributed by atoms with Crippen molar-refractivity contribution in [2.24, 2.45) is 5.92 Å². The molecule has 0 atom stereocenters. The third-order valence-electron chi connectivity index (χ3n) is 6.00. The van der Waals surface area contributed by atoms with E-state index in [1.165, 1.54) is 21.3 Å². The van der Waals surface area contributed by atoms with Gasteiger partial charge in [-0.1, -0.05) is 18.2 Å². The summed E-state index contributed by atoms with van der Waals surface area (Å²) in [4.78, 5) is 26.4. The number of ether oxygens (including phenoxy) is 3. The molecule has 182 valence electrons. The number of benzene rings is 2. The highest BCUT2D eigenvalue weighted by Crippen LogP contribution is 2.34. The Hall–Kier alpha value is -3.11. The van der Waals surface area contributed by atoms with E-state index in [1.807, 2.05) is 18.2 Å². The van der Waals surface area contributed by atoms with Crippen LogP contribution in [0.5, 0.6) is 11.5 Å². The molecule has 2 aromatic carbocycles. The van der Waals surface area contributed by atoms with E-state index >= 15 is 0 Å². The van der Waals surface area contributed by atoms with Crippen LogP contribution in [0, 0.1) is 5.92 Å². The van der Waals surface area contributed by atoms with Gasteiger partial charge in [0.15, 0.2) is 18.1 Å². The lowest BCUT2D eigenvalue weighted by atomic mass is 9.98. The number of carbonyl (C=O) groups excluding carboxylic acids is 2. The number of amides is 1. The monoisotopic (exact) mass is 488 g/mol. The van der Waals surface area contributed by atoms with Gasteiger partial charge < -0.3 is 19.1 Å². The molecule has 1 fully saturated rings. The average Bonchev–Trinajstić information content (AvgIpc) is 3.12. The number of piperidine rings is 1. The Morgan fingerprint density at radius 1 is 1.03 bits per heavy atom. The molecule has 1 saturated heterocycles. The van der Waals surface area contributed by atoms with Gasteiger partial charge in [-0.25, -0.2) is 8.42 Å². The van der Waals surface area contributed by atoms with Crippen molar-refractivity contribution >= 4 is 27.6 Å². The SMILES string of the molecule is CN(C(=O)COC(=O)C1CCN(S(=O)(=O)c2ccc3c(c2)OCCCO3)CC1)c1ccccc1. The Labute approximate surface area is 199 Å². The van der Waals surface area contributed by atoms with Crippen molar-refractivity contribution in [1.82, 2.24) is 4.31 Å². The lowest BCUT2D eigenvalue weighted by molar-refractivity contribution is -0.153. The largest absolute Gasteiger partial charge is 0.490 e. The number of likely N-dealkylation sites (N-methyl/N-ethyl adjacent to an activating group) is 1. The standard InChI is InChI=1S/C24H28N2O7S/c1-25(19-6-3-2-4-7-19)23(27)17-33-24(28)18-10-12-26(13-11-18)34(29,30)20-8-9-21-22(16-20)32-15-5-14-31-21/h2-4,6-9,16,18H,5,10-15,17H2,1H3. The van der Waals surface area contributed by atoms with Gasteiger partial charge in [-0.15, -0.1) is 0 Å². The molecular formula is C24H28N2O7S. The van der Waals surface area contributed by atoms with Gasteiger partial charge in [-0.3, -0.25) is 9.59 Å². The molecule has 2 aromatic rings. The molecule has 2 aliphatic heterocycles. The van der Waals surface area contributed by atoms with Crippen molar-refractivity contribution in [2.45, 2.75) is 24.2 Å². The van der Waals surface area contributed by atoms with Crippen molar-refractivity contribution in [2.75, 3.05) is 44.9 Å². The number of fused-ring (bicyclic) bond motifs is 1. The van der Waals surface area contributed by atoms with Gasteiger partial charge in [0, 0.05) is 38.3 Å². The highest BCUT2D eigenvalue weighted by atomic mass is 32.2. The molecule has 0 radical (unpaired) electrons. The first-order valence-corrected chi connectivity index (χ1v) is 12.7. The maximum atomic E-state index is 13.1. The van der Waals surface area contributed by atoms with Gasteiger partial charge in [0.25, 0.3) is 5.91 Å². The minimum Gasteiger partial charge on any atom is -0.490 e. The van der Waals surface area contributed by atoms with Gasteiger partial charge in [-0.2, -0.15) is 4.31 Å². The van der Waals surface area contributed by atoms with Crippen LogP contribution < -0.4 is 14.4 Å². The fraction of sp³-hybridized carbons (Fsp3) is 0.417. The number of anilines is 1. The average molecular weight is 489 g/mol. The van der Waals surface area contributed by atoms with Gasteiger partial charge in [0.2, 0.25) is 10.0 Å². The third-order valence-corrected chi connectivity index (χ3v) is 7.89. The molecular weight excluding hydrogens is 460 g/mol. The van der Waals surface area contributed by atoms with Crippen molar-refractivity contribution in [3.05, 3.63) is 48.5 Å². The molecule has 2 heterocycles. The van der Waals surface area contributed by atoms with Crippen LogP contribution in [0.1, 0.15) is 19.3 Å². The Bertz CT molecular complexity index is 1130. The predicted molar refractivity (Wildman–Crippen MR) is 124 cm³/mol. The molecule has 4 rings (SSSR count). The van der Waals surface area contributed by atoms with Crippen LogP contribution in [-0.2, 0) is 24.3 Å². The highest BCUT2D eigenvalue weighted by Gasteiger charge is 2.33. The molecule has 34 heavy (non-hydrogen) atoms. The number of para-hydroxylation sites is 1. The smallest absolute Gasteiger partial charge is 0.309 e. The summed E-state index contributed by atoms with van der Waals surface area (Å²) < 4.78 is 44.0. The van der Waals surface area contributed by atoms with Crippen LogP contribution in [-0.4, -0.2) is 64.6 Å². The van der Waals surface area contributed by atoms with Crippen LogP contribution in [0.15, 0.2) is 53.4 Å². The minimum absolute atomic E-state index is 0.132. The molecule has 9 nitrogen and oxygen atoms in total. The van der Waals surface area contributed by atoms with Crippen LogP contribution in [0.3, 0.4) is 0 Å². The Morgan fingerprint density at radius 2 is 1.71 bits per heavy atom. The van der Waals surface area contributed by atoms with Gasteiger partial charge in [-0.05, 0) is 37.1 Å². The molecule has 0 bridgehead atoms. The van der Waals surface area contributed by atoms with E-state index in [-0.39, 0.29) is 30.5 Å². The van der Waals surface area contributed by atoms with E-state index in [1.54, 1.807) is 25.2 Å². The topological polar surface area (TPSA) is 102 Å². The zero-order chi connectivity index (χ0) is 24.1. The van der Waals surface area contributed by atoms with E-state index in [2.05, 4.69) is 0 Å². The Balaban J connectivity index is 1.30. The molecule has 10 heteroatoms. The number of nitrogens with zero attached hydrogens (tertiary/aromatic N) is 2. The maximum absolute atomic E-state index is 13.1. The zero-order valence-corrected chi connectivity index (χ0v) is 19.8. The lowest BCUT2D eigenvalue weighted by Crippen LogP contribution is -2.41. The van der Waals surface area contributed by atoms with Crippen LogP contribution in [0.2, 0.25) is 0 Å². The summed E-state index contributed by atoms with van der Waals surface area (Å²) in [5, 5.41) is 0. The number of hydrogen-bond donors (Lipinski definition) is 0. The maximum Gasteiger partial charge on any atom is 0.309 e. The normalized spacial score (nSPS) is 17.0. The molecule has 0 unspecified atom stereocenters. The number of hydrogen-bond acceptors (Lipinski definition) is 7. The number of sulfonamides is 1. The van der Waals surface area contributed by atoms with Gasteiger partial charge in [0.05, 0.1) is 24.0 Å². The third kappa shape index (κ3) is 5.34. The second kappa shape index (κ2) is 10.4. The zero-order valence-electron chi connectivity index (χ0n) is 19.0. The van der Waals surface area contributed by atoms with E-state index in [4.69, 9.17) is 14.2 Å². The van der Waals surface area contributed by atoms with Crippen molar-refractivity contribution in [3.63, 3.8) is 0 Å². The molecule has 2 aliphatic rings. The molecule has 0 aliphatic carbocycles. The summed E-state index contributed by atoms with van der Waals surface area (Å²) >= 11 is 0. The van der Waals surface area contributed by atoms with E-state index in [0.717, 1.165) is 6.42 Å². The van der Waals surface area contributed by atoms with Crippen molar-refractivity contribution in [3.8, 4) is 11.5 Å². The molecule has 0 spiro atoms. The van der Waals surface area contributed by atoms with Crippen LogP contribution in [0.25, 0.3) is 0 Å². The van der Waals surface area contributed by atoms with E-state index in [9.17, 15) is 18.0 Å². The van der Waals surface area contributed by atoms with Crippen LogP contribution >= 0.6 is 0 Å². The second-order valence-electron chi connectivity index (χ2n) is 8.23. The fourth-order valence-electron chi connectivity index (χ4n) is 3.93.